The fraction of sp³-hybridized carbons (Fsp3) is 0.438. The Kier molecular flexibility index (Phi) is 4.35. The van der Waals surface area contributed by atoms with Crippen LogP contribution in [0.3, 0.4) is 0 Å². The Balaban J connectivity index is 1.96. The molecule has 0 aliphatic carbocycles. The van der Waals surface area contributed by atoms with Crippen molar-refractivity contribution in [1.82, 2.24) is 14.8 Å². The highest BCUT2D eigenvalue weighted by Crippen LogP contribution is 2.33. The number of hydrogen-bond acceptors (Lipinski definition) is 5. The number of aromatic nitrogens is 1. The first-order valence-electron chi connectivity index (χ1n) is 7.33. The zero-order chi connectivity index (χ0) is 14.8. The van der Waals surface area contributed by atoms with Crippen molar-refractivity contribution in [2.75, 3.05) is 33.7 Å². The van der Waals surface area contributed by atoms with E-state index in [1.807, 2.05) is 6.07 Å². The lowest BCUT2D eigenvalue weighted by Gasteiger charge is -2.36. The third-order valence-electron chi connectivity index (χ3n) is 4.08. The lowest BCUT2D eigenvalue weighted by Crippen LogP contribution is -2.44. The van der Waals surface area contributed by atoms with Gasteiger partial charge in [-0.25, -0.2) is 4.98 Å². The zero-order valence-corrected chi connectivity index (χ0v) is 13.4. The van der Waals surface area contributed by atoms with Crippen LogP contribution in [0.25, 0.3) is 11.3 Å². The standard InChI is InChI=1S/C16H22N4S/c1-19-8-9-20(2)13(11-19)16-18-15(14(10-17)21-16)12-6-4-3-5-7-12/h3-7,13H,8-11,17H2,1-2H3. The molecule has 1 atom stereocenters. The van der Waals surface area contributed by atoms with Crippen molar-refractivity contribution in [3.8, 4) is 11.3 Å². The first-order chi connectivity index (χ1) is 10.2. The lowest BCUT2D eigenvalue weighted by atomic mass is 10.1. The predicted octanol–water partition coefficient (Wildman–Crippen LogP) is 2.19. The van der Waals surface area contributed by atoms with Crippen LogP contribution in [0.15, 0.2) is 30.3 Å². The number of piperazine rings is 1. The first kappa shape index (κ1) is 14.7. The van der Waals surface area contributed by atoms with E-state index in [1.54, 1.807) is 11.3 Å². The van der Waals surface area contributed by atoms with Crippen LogP contribution < -0.4 is 5.73 Å². The summed E-state index contributed by atoms with van der Waals surface area (Å²) in [6.07, 6.45) is 0. The van der Waals surface area contributed by atoms with Crippen molar-refractivity contribution in [1.29, 1.82) is 0 Å². The second kappa shape index (κ2) is 6.23. The third-order valence-corrected chi connectivity index (χ3v) is 5.26. The molecule has 0 bridgehead atoms. The number of benzene rings is 1. The molecule has 2 N–H and O–H groups in total. The van der Waals surface area contributed by atoms with E-state index in [2.05, 4.69) is 48.2 Å². The van der Waals surface area contributed by atoms with Crippen LogP contribution in [-0.2, 0) is 6.54 Å². The molecule has 1 aliphatic rings. The Hall–Kier alpha value is -1.27. The van der Waals surface area contributed by atoms with E-state index >= 15 is 0 Å². The van der Waals surface area contributed by atoms with Gasteiger partial charge in [-0.15, -0.1) is 11.3 Å². The summed E-state index contributed by atoms with van der Waals surface area (Å²) in [5.74, 6) is 0. The van der Waals surface area contributed by atoms with Crippen molar-refractivity contribution in [2.24, 2.45) is 5.73 Å². The topological polar surface area (TPSA) is 45.4 Å². The van der Waals surface area contributed by atoms with Crippen molar-refractivity contribution in [3.05, 3.63) is 40.2 Å². The number of likely N-dealkylation sites (N-methyl/N-ethyl adjacent to an activating group) is 2. The highest BCUT2D eigenvalue weighted by atomic mass is 32.1. The van der Waals surface area contributed by atoms with E-state index in [4.69, 9.17) is 10.7 Å². The summed E-state index contributed by atoms with van der Waals surface area (Å²) in [6.45, 7) is 3.78. The van der Waals surface area contributed by atoms with Crippen molar-refractivity contribution in [3.63, 3.8) is 0 Å². The molecule has 1 saturated heterocycles. The van der Waals surface area contributed by atoms with Crippen LogP contribution >= 0.6 is 11.3 Å². The third kappa shape index (κ3) is 3.01. The van der Waals surface area contributed by atoms with Gasteiger partial charge in [0.25, 0.3) is 0 Å². The summed E-state index contributed by atoms with van der Waals surface area (Å²) in [5, 5.41) is 1.18. The van der Waals surface area contributed by atoms with Gasteiger partial charge >= 0.3 is 0 Å². The number of nitrogens with zero attached hydrogens (tertiary/aromatic N) is 3. The van der Waals surface area contributed by atoms with E-state index < -0.39 is 0 Å². The first-order valence-corrected chi connectivity index (χ1v) is 8.14. The molecule has 1 aromatic heterocycles. The fourth-order valence-electron chi connectivity index (χ4n) is 2.75. The maximum Gasteiger partial charge on any atom is 0.112 e. The maximum absolute atomic E-state index is 5.94. The molecule has 5 heteroatoms. The molecule has 0 saturated carbocycles. The summed E-state index contributed by atoms with van der Waals surface area (Å²) >= 11 is 1.76. The second-order valence-corrected chi connectivity index (χ2v) is 6.77. The molecule has 1 aliphatic heterocycles. The molecular formula is C16H22N4S. The molecule has 1 fully saturated rings. The average Bonchev–Trinajstić information content (AvgIpc) is 2.94. The summed E-state index contributed by atoms with van der Waals surface area (Å²) in [7, 11) is 4.36. The largest absolute Gasteiger partial charge is 0.326 e. The Morgan fingerprint density at radius 2 is 2.00 bits per heavy atom. The van der Waals surface area contributed by atoms with E-state index in [0.717, 1.165) is 30.9 Å². The monoisotopic (exact) mass is 302 g/mol. The van der Waals surface area contributed by atoms with Crippen molar-refractivity contribution in [2.45, 2.75) is 12.6 Å². The number of nitrogens with two attached hydrogens (primary N) is 1. The second-order valence-electron chi connectivity index (χ2n) is 5.65. The predicted molar refractivity (Wildman–Crippen MR) is 88.3 cm³/mol. The highest BCUT2D eigenvalue weighted by Gasteiger charge is 2.27. The van der Waals surface area contributed by atoms with Gasteiger partial charge in [-0.3, -0.25) is 4.90 Å². The van der Waals surface area contributed by atoms with Gasteiger partial charge in [-0.05, 0) is 14.1 Å². The van der Waals surface area contributed by atoms with Gasteiger partial charge in [0.1, 0.15) is 5.01 Å². The quantitative estimate of drug-likeness (QED) is 0.944. The van der Waals surface area contributed by atoms with Gasteiger partial charge in [0.2, 0.25) is 0 Å². The molecule has 3 rings (SSSR count). The van der Waals surface area contributed by atoms with Crippen LogP contribution in [0.1, 0.15) is 15.9 Å². The minimum absolute atomic E-state index is 0.372. The van der Waals surface area contributed by atoms with Crippen LogP contribution in [0.4, 0.5) is 0 Å². The molecular weight excluding hydrogens is 280 g/mol. The summed E-state index contributed by atoms with van der Waals surface area (Å²) in [5.41, 5.74) is 8.15. The maximum atomic E-state index is 5.94. The number of thiazole rings is 1. The minimum atomic E-state index is 0.372. The molecule has 0 radical (unpaired) electrons. The molecule has 0 amide bonds. The van der Waals surface area contributed by atoms with Gasteiger partial charge < -0.3 is 10.6 Å². The smallest absolute Gasteiger partial charge is 0.112 e. The Bertz CT molecular complexity index is 596. The van der Waals surface area contributed by atoms with E-state index in [-0.39, 0.29) is 0 Å². The van der Waals surface area contributed by atoms with Gasteiger partial charge in [-0.2, -0.15) is 0 Å². The van der Waals surface area contributed by atoms with E-state index in [0.29, 0.717) is 12.6 Å². The normalized spacial score (nSPS) is 20.8. The Morgan fingerprint density at radius 1 is 1.24 bits per heavy atom. The Morgan fingerprint density at radius 3 is 2.71 bits per heavy atom. The molecule has 2 aromatic rings. The van der Waals surface area contributed by atoms with Crippen LogP contribution in [-0.4, -0.2) is 48.5 Å². The van der Waals surface area contributed by atoms with Crippen LogP contribution in [0, 0.1) is 0 Å². The molecule has 2 heterocycles. The molecule has 112 valence electrons. The lowest BCUT2D eigenvalue weighted by molar-refractivity contribution is 0.115. The molecule has 1 unspecified atom stereocenters. The summed E-state index contributed by atoms with van der Waals surface area (Å²) in [6, 6.07) is 10.7. The molecule has 0 spiro atoms. The van der Waals surface area contributed by atoms with Crippen LogP contribution in [0.2, 0.25) is 0 Å². The number of rotatable bonds is 3. The SMILES string of the molecule is CN1CCN(C)C(c2nc(-c3ccccc3)c(CN)s2)C1. The zero-order valence-electron chi connectivity index (χ0n) is 12.6. The van der Waals surface area contributed by atoms with Crippen LogP contribution in [0.5, 0.6) is 0 Å². The van der Waals surface area contributed by atoms with Gasteiger partial charge in [0, 0.05) is 36.6 Å². The minimum Gasteiger partial charge on any atom is -0.326 e. The Labute approximate surface area is 130 Å². The van der Waals surface area contributed by atoms with Gasteiger partial charge in [-0.1, -0.05) is 30.3 Å². The van der Waals surface area contributed by atoms with E-state index in [1.165, 1.54) is 9.88 Å². The molecule has 21 heavy (non-hydrogen) atoms. The molecule has 1 aromatic carbocycles. The van der Waals surface area contributed by atoms with Crippen molar-refractivity contribution < 1.29 is 0 Å². The average molecular weight is 302 g/mol. The number of hydrogen-bond donors (Lipinski definition) is 1. The highest BCUT2D eigenvalue weighted by molar-refractivity contribution is 7.12. The van der Waals surface area contributed by atoms with Gasteiger partial charge in [0.05, 0.1) is 11.7 Å². The summed E-state index contributed by atoms with van der Waals surface area (Å²) < 4.78 is 0. The molecule has 4 nitrogen and oxygen atoms in total. The summed E-state index contributed by atoms with van der Waals surface area (Å²) in [4.78, 5) is 10.9. The van der Waals surface area contributed by atoms with Gasteiger partial charge in [0.15, 0.2) is 0 Å². The van der Waals surface area contributed by atoms with Crippen molar-refractivity contribution >= 4 is 11.3 Å². The van der Waals surface area contributed by atoms with E-state index in [9.17, 15) is 0 Å². The fourth-order valence-corrected chi connectivity index (χ4v) is 3.87.